The molecule has 4 heteroatoms. The zero-order valence-corrected chi connectivity index (χ0v) is 13.7. The van der Waals surface area contributed by atoms with Crippen molar-refractivity contribution in [1.82, 2.24) is 0 Å². The Bertz CT molecular complexity index is 429. The van der Waals surface area contributed by atoms with Crippen molar-refractivity contribution in [2.75, 3.05) is 18.5 Å². The fourth-order valence-corrected chi connectivity index (χ4v) is 1.65. The first-order valence-corrected chi connectivity index (χ1v) is 7.38. The summed E-state index contributed by atoms with van der Waals surface area (Å²) in [5, 5.41) is 0. The lowest BCUT2D eigenvalue weighted by Gasteiger charge is -2.21. The smallest absolute Gasteiger partial charge is 0.375 e. The Hall–Kier alpha value is -1.71. The first-order valence-electron chi connectivity index (χ1n) is 7.38. The zero-order chi connectivity index (χ0) is 17.2. The van der Waals surface area contributed by atoms with Gasteiger partial charge in [0.15, 0.2) is 0 Å². The second kappa shape index (κ2) is 10.1. The number of anilines is 1. The van der Waals surface area contributed by atoms with Crippen molar-refractivity contribution in [3.63, 3.8) is 0 Å². The number of halogens is 3. The lowest BCUT2D eigenvalue weighted by Crippen LogP contribution is -2.20. The van der Waals surface area contributed by atoms with E-state index >= 15 is 0 Å². The molecule has 1 rings (SSSR count). The summed E-state index contributed by atoms with van der Waals surface area (Å²) in [6.07, 6.45) is 1.20. The van der Waals surface area contributed by atoms with Gasteiger partial charge in [0.1, 0.15) is 0 Å². The Morgan fingerprint density at radius 1 is 1.14 bits per heavy atom. The molecule has 0 heterocycles. The van der Waals surface area contributed by atoms with E-state index in [2.05, 4.69) is 27.0 Å². The summed E-state index contributed by atoms with van der Waals surface area (Å²) < 4.78 is 37.2. The number of hydrogen-bond donors (Lipinski definition) is 0. The fraction of sp³-hybridized carbons (Fsp3) is 0.444. The summed E-state index contributed by atoms with van der Waals surface area (Å²) in [4.78, 5) is 1.99. The van der Waals surface area contributed by atoms with Gasteiger partial charge in [-0.25, -0.2) is 0 Å². The van der Waals surface area contributed by atoms with Gasteiger partial charge >= 0.3 is 6.18 Å². The molecule has 0 bridgehead atoms. The van der Waals surface area contributed by atoms with Crippen LogP contribution in [0, 0.1) is 5.92 Å². The molecule has 1 unspecified atom stereocenters. The number of rotatable bonds is 6. The number of allylic oxidation sites excluding steroid dienone is 2. The van der Waals surface area contributed by atoms with E-state index in [9.17, 15) is 13.2 Å². The summed E-state index contributed by atoms with van der Waals surface area (Å²) in [5.41, 5.74) is 0.230. The lowest BCUT2D eigenvalue weighted by molar-refractivity contribution is -0.137. The molecule has 0 amide bonds. The van der Waals surface area contributed by atoms with Gasteiger partial charge in [-0.15, -0.1) is 0 Å². The molecule has 124 valence electrons. The molecule has 0 fully saturated rings. The topological polar surface area (TPSA) is 3.24 Å². The van der Waals surface area contributed by atoms with Crippen LogP contribution < -0.4 is 4.90 Å². The van der Waals surface area contributed by atoms with E-state index in [0.29, 0.717) is 5.92 Å². The van der Waals surface area contributed by atoms with E-state index in [4.69, 9.17) is 0 Å². The van der Waals surface area contributed by atoms with E-state index in [1.165, 1.54) is 12.1 Å². The van der Waals surface area contributed by atoms with Crippen molar-refractivity contribution in [3.8, 4) is 0 Å². The highest BCUT2D eigenvalue weighted by Crippen LogP contribution is 2.30. The van der Waals surface area contributed by atoms with Crippen LogP contribution in [0.1, 0.15) is 32.3 Å². The maximum absolute atomic E-state index is 12.4. The average Bonchev–Trinajstić information content (AvgIpc) is 2.51. The van der Waals surface area contributed by atoms with Crippen molar-refractivity contribution in [3.05, 3.63) is 55.1 Å². The van der Waals surface area contributed by atoms with E-state index < -0.39 is 11.7 Å². The fourth-order valence-electron chi connectivity index (χ4n) is 1.65. The molecule has 0 aromatic heterocycles. The van der Waals surface area contributed by atoms with Crippen molar-refractivity contribution in [1.29, 1.82) is 0 Å². The number of alkyl halides is 3. The molecule has 0 radical (unpaired) electrons. The van der Waals surface area contributed by atoms with Crippen molar-refractivity contribution in [2.24, 2.45) is 5.92 Å². The molecule has 1 aromatic carbocycles. The first kappa shape index (κ1) is 20.3. The SMILES string of the molecule is C=CC=C.CCC(C)CCN(C)c1ccc(C(F)(F)F)cc1. The molecular formula is C18H26F3N. The summed E-state index contributed by atoms with van der Waals surface area (Å²) in [6.45, 7) is 11.9. The third kappa shape index (κ3) is 7.91. The monoisotopic (exact) mass is 313 g/mol. The minimum Gasteiger partial charge on any atom is -0.375 e. The highest BCUT2D eigenvalue weighted by molar-refractivity contribution is 5.47. The van der Waals surface area contributed by atoms with Crippen LogP contribution in [-0.2, 0) is 6.18 Å². The van der Waals surface area contributed by atoms with Crippen molar-refractivity contribution in [2.45, 2.75) is 32.9 Å². The van der Waals surface area contributed by atoms with E-state index in [0.717, 1.165) is 37.2 Å². The second-order valence-corrected chi connectivity index (χ2v) is 5.24. The van der Waals surface area contributed by atoms with Gasteiger partial charge in [-0.05, 0) is 36.6 Å². The van der Waals surface area contributed by atoms with Gasteiger partial charge in [-0.2, -0.15) is 13.2 Å². The molecule has 0 spiro atoms. The molecule has 0 aliphatic heterocycles. The first-order chi connectivity index (χ1) is 10.3. The van der Waals surface area contributed by atoms with E-state index in [1.54, 1.807) is 12.2 Å². The van der Waals surface area contributed by atoms with Crippen LogP contribution in [-0.4, -0.2) is 13.6 Å². The number of hydrogen-bond acceptors (Lipinski definition) is 1. The highest BCUT2D eigenvalue weighted by atomic mass is 19.4. The Kier molecular flexibility index (Phi) is 9.31. The maximum atomic E-state index is 12.4. The van der Waals surface area contributed by atoms with Gasteiger partial charge in [-0.1, -0.05) is 45.6 Å². The van der Waals surface area contributed by atoms with Crippen LogP contribution in [0.2, 0.25) is 0 Å². The van der Waals surface area contributed by atoms with Crippen LogP contribution in [0.5, 0.6) is 0 Å². The van der Waals surface area contributed by atoms with Crippen LogP contribution in [0.3, 0.4) is 0 Å². The lowest BCUT2D eigenvalue weighted by atomic mass is 10.1. The summed E-state index contributed by atoms with van der Waals surface area (Å²) >= 11 is 0. The third-order valence-corrected chi connectivity index (χ3v) is 3.46. The van der Waals surface area contributed by atoms with Gasteiger partial charge in [0.25, 0.3) is 0 Å². The number of benzene rings is 1. The predicted molar refractivity (Wildman–Crippen MR) is 89.2 cm³/mol. The Labute approximate surface area is 132 Å². The van der Waals surface area contributed by atoms with Crippen LogP contribution in [0.15, 0.2) is 49.6 Å². The van der Waals surface area contributed by atoms with Crippen molar-refractivity contribution < 1.29 is 13.2 Å². The van der Waals surface area contributed by atoms with Gasteiger partial charge in [-0.3, -0.25) is 0 Å². The standard InChI is InChI=1S/C14H20F3N.C4H6/c1-4-11(2)9-10-18(3)13-7-5-12(6-8-13)14(15,16)17;1-3-4-2/h5-8,11H,4,9-10H2,1-3H3;3-4H,1-2H2. The quantitative estimate of drug-likeness (QED) is 0.588. The Morgan fingerprint density at radius 3 is 2.00 bits per heavy atom. The van der Waals surface area contributed by atoms with Gasteiger partial charge < -0.3 is 4.90 Å². The average molecular weight is 313 g/mol. The summed E-state index contributed by atoms with van der Waals surface area (Å²) in [7, 11) is 1.91. The molecule has 0 N–H and O–H groups in total. The van der Waals surface area contributed by atoms with Crippen LogP contribution >= 0.6 is 0 Å². The number of nitrogens with zero attached hydrogens (tertiary/aromatic N) is 1. The van der Waals surface area contributed by atoms with Gasteiger partial charge in [0, 0.05) is 19.3 Å². The predicted octanol–water partition coefficient (Wildman–Crippen LogP) is 5.94. The summed E-state index contributed by atoms with van der Waals surface area (Å²) in [5.74, 6) is 0.641. The zero-order valence-electron chi connectivity index (χ0n) is 13.7. The largest absolute Gasteiger partial charge is 0.416 e. The molecule has 0 saturated heterocycles. The summed E-state index contributed by atoms with van der Waals surface area (Å²) in [6, 6.07) is 5.32. The van der Waals surface area contributed by atoms with Crippen molar-refractivity contribution >= 4 is 5.69 Å². The minimum absolute atomic E-state index is 0.596. The molecule has 0 aliphatic carbocycles. The van der Waals surface area contributed by atoms with E-state index in [-0.39, 0.29) is 0 Å². The van der Waals surface area contributed by atoms with Crippen LogP contribution in [0.4, 0.5) is 18.9 Å². The normalized spacial score (nSPS) is 11.9. The second-order valence-electron chi connectivity index (χ2n) is 5.24. The molecule has 1 nitrogen and oxygen atoms in total. The minimum atomic E-state index is -4.26. The van der Waals surface area contributed by atoms with Crippen LogP contribution in [0.25, 0.3) is 0 Å². The molecule has 22 heavy (non-hydrogen) atoms. The Balaban J connectivity index is 0.000000980. The molecule has 1 atom stereocenters. The maximum Gasteiger partial charge on any atom is 0.416 e. The molecule has 0 aliphatic rings. The molecular weight excluding hydrogens is 287 g/mol. The highest BCUT2D eigenvalue weighted by Gasteiger charge is 2.30. The van der Waals surface area contributed by atoms with Gasteiger partial charge in [0.2, 0.25) is 0 Å². The van der Waals surface area contributed by atoms with E-state index in [1.807, 2.05) is 11.9 Å². The third-order valence-electron chi connectivity index (χ3n) is 3.46. The molecule has 1 aromatic rings. The Morgan fingerprint density at radius 2 is 1.64 bits per heavy atom. The van der Waals surface area contributed by atoms with Gasteiger partial charge in [0.05, 0.1) is 5.56 Å². The molecule has 0 saturated carbocycles.